The normalized spacial score (nSPS) is 19.7. The zero-order chi connectivity index (χ0) is 54.3. The molecule has 1 fully saturated rings. The highest BCUT2D eigenvalue weighted by atomic mass is 16.7. The van der Waals surface area contributed by atoms with Crippen molar-refractivity contribution < 1.29 is 39.8 Å². The Labute approximate surface area is 459 Å². The van der Waals surface area contributed by atoms with E-state index in [4.69, 9.17) is 9.47 Å². The summed E-state index contributed by atoms with van der Waals surface area (Å²) in [5, 5.41) is 54.3. The van der Waals surface area contributed by atoms with Crippen LogP contribution in [0, 0.1) is 0 Å². The second kappa shape index (κ2) is 54.2. The maximum atomic E-state index is 13.0. The van der Waals surface area contributed by atoms with Crippen LogP contribution in [0.2, 0.25) is 0 Å². The molecule has 0 aliphatic carbocycles. The number of aliphatic hydroxyl groups excluding tert-OH is 5. The maximum absolute atomic E-state index is 13.0. The van der Waals surface area contributed by atoms with Crippen molar-refractivity contribution in [2.75, 3.05) is 13.2 Å². The van der Waals surface area contributed by atoms with Gasteiger partial charge in [-0.2, -0.15) is 0 Å². The average Bonchev–Trinajstić information content (AvgIpc) is 3.41. The molecule has 1 amide bonds. The minimum absolute atomic E-state index is 0.181. The predicted octanol–water partition coefficient (Wildman–Crippen LogP) is 15.7. The number of unbranched alkanes of at least 4 members (excludes halogenated alkanes) is 25. The number of rotatable bonds is 51. The Morgan fingerprint density at radius 3 is 1.23 bits per heavy atom. The van der Waals surface area contributed by atoms with Crippen molar-refractivity contribution in [2.45, 2.75) is 288 Å². The van der Waals surface area contributed by atoms with Gasteiger partial charge in [0.05, 0.1) is 25.4 Å². The number of hydrogen-bond acceptors (Lipinski definition) is 8. The Morgan fingerprint density at radius 2 is 0.827 bits per heavy atom. The molecule has 9 heteroatoms. The van der Waals surface area contributed by atoms with E-state index in [1.54, 1.807) is 6.08 Å². The summed E-state index contributed by atoms with van der Waals surface area (Å²) in [4.78, 5) is 13.0. The van der Waals surface area contributed by atoms with Crippen LogP contribution in [0.1, 0.15) is 245 Å². The lowest BCUT2D eigenvalue weighted by Gasteiger charge is -2.40. The third-order valence-electron chi connectivity index (χ3n) is 13.9. The van der Waals surface area contributed by atoms with Gasteiger partial charge in [0.15, 0.2) is 6.29 Å². The lowest BCUT2D eigenvalue weighted by Crippen LogP contribution is -2.60. The van der Waals surface area contributed by atoms with Crippen LogP contribution in [0.25, 0.3) is 0 Å². The van der Waals surface area contributed by atoms with Gasteiger partial charge in [0.2, 0.25) is 5.91 Å². The topological polar surface area (TPSA) is 149 Å². The van der Waals surface area contributed by atoms with E-state index in [0.29, 0.717) is 6.42 Å². The van der Waals surface area contributed by atoms with Gasteiger partial charge >= 0.3 is 0 Å². The summed E-state index contributed by atoms with van der Waals surface area (Å²) in [5.74, 6) is -0.181. The van der Waals surface area contributed by atoms with Crippen molar-refractivity contribution in [1.82, 2.24) is 5.32 Å². The molecule has 1 rings (SSSR count). The molecule has 0 aromatic rings. The molecule has 0 aromatic heterocycles. The number of nitrogens with one attached hydrogen (secondary N) is 1. The smallest absolute Gasteiger partial charge is 0.220 e. The van der Waals surface area contributed by atoms with Crippen LogP contribution in [0.5, 0.6) is 0 Å². The van der Waals surface area contributed by atoms with Gasteiger partial charge < -0.3 is 40.3 Å². The zero-order valence-electron chi connectivity index (χ0n) is 47.8. The molecule has 1 aliphatic rings. The number of carbonyl (C=O) groups excluding carboxylic acids is 1. The second-order valence-electron chi connectivity index (χ2n) is 20.8. The molecule has 1 aliphatic heterocycles. The first-order valence-corrected chi connectivity index (χ1v) is 30.6. The zero-order valence-corrected chi connectivity index (χ0v) is 47.8. The quantitative estimate of drug-likeness (QED) is 0.0261. The van der Waals surface area contributed by atoms with E-state index in [0.717, 1.165) is 89.9 Å². The molecule has 0 bridgehead atoms. The largest absolute Gasteiger partial charge is 0.394 e. The van der Waals surface area contributed by atoms with Crippen molar-refractivity contribution in [2.24, 2.45) is 0 Å². The molecule has 0 aromatic carbocycles. The molecule has 75 heavy (non-hydrogen) atoms. The summed E-state index contributed by atoms with van der Waals surface area (Å²) in [6, 6.07) is -0.808. The second-order valence-corrected chi connectivity index (χ2v) is 20.8. The molecule has 7 unspecified atom stereocenters. The van der Waals surface area contributed by atoms with E-state index < -0.39 is 49.5 Å². The molecule has 6 N–H and O–H groups in total. The highest BCUT2D eigenvalue weighted by molar-refractivity contribution is 5.76. The minimum atomic E-state index is -1.57. The summed E-state index contributed by atoms with van der Waals surface area (Å²) >= 11 is 0. The van der Waals surface area contributed by atoms with Gasteiger partial charge in [-0.15, -0.1) is 0 Å². The highest BCUT2D eigenvalue weighted by Gasteiger charge is 2.44. The van der Waals surface area contributed by atoms with Crippen LogP contribution in [-0.2, 0) is 14.3 Å². The van der Waals surface area contributed by atoms with Crippen LogP contribution in [0.15, 0.2) is 109 Å². The van der Waals surface area contributed by atoms with Crippen molar-refractivity contribution in [1.29, 1.82) is 0 Å². The molecular formula is C66H113NO8. The van der Waals surface area contributed by atoms with E-state index in [1.165, 1.54) is 135 Å². The van der Waals surface area contributed by atoms with Crippen LogP contribution in [0.4, 0.5) is 0 Å². The molecule has 7 atom stereocenters. The summed E-state index contributed by atoms with van der Waals surface area (Å²) < 4.78 is 11.2. The first kappa shape index (κ1) is 69.9. The van der Waals surface area contributed by atoms with Gasteiger partial charge in [-0.25, -0.2) is 0 Å². The Balaban J connectivity index is 2.06. The summed E-state index contributed by atoms with van der Waals surface area (Å²) in [6.45, 7) is 3.64. The van der Waals surface area contributed by atoms with E-state index >= 15 is 0 Å². The number of ether oxygens (including phenoxy) is 2. The maximum Gasteiger partial charge on any atom is 0.220 e. The first-order valence-electron chi connectivity index (χ1n) is 30.6. The van der Waals surface area contributed by atoms with Crippen molar-refractivity contribution >= 4 is 5.91 Å². The van der Waals surface area contributed by atoms with E-state index in [1.807, 2.05) is 6.08 Å². The molecular weight excluding hydrogens is 935 g/mol. The molecule has 0 radical (unpaired) electrons. The summed E-state index contributed by atoms with van der Waals surface area (Å²) in [6.07, 6.45) is 73.2. The van der Waals surface area contributed by atoms with E-state index in [9.17, 15) is 30.3 Å². The van der Waals surface area contributed by atoms with Crippen molar-refractivity contribution in [3.63, 3.8) is 0 Å². The van der Waals surface area contributed by atoms with Gasteiger partial charge in [0.1, 0.15) is 24.4 Å². The lowest BCUT2D eigenvalue weighted by molar-refractivity contribution is -0.302. The van der Waals surface area contributed by atoms with Gasteiger partial charge in [0, 0.05) is 6.42 Å². The lowest BCUT2D eigenvalue weighted by atomic mass is 9.99. The predicted molar refractivity (Wildman–Crippen MR) is 317 cm³/mol. The summed E-state index contributed by atoms with van der Waals surface area (Å²) in [7, 11) is 0. The van der Waals surface area contributed by atoms with E-state index in [2.05, 4.69) is 116 Å². The molecule has 0 saturated carbocycles. The number of hydrogen-bond donors (Lipinski definition) is 6. The fourth-order valence-corrected chi connectivity index (χ4v) is 9.06. The average molecular weight is 1050 g/mol. The number of aliphatic hydroxyl groups is 5. The van der Waals surface area contributed by atoms with Crippen LogP contribution in [0.3, 0.4) is 0 Å². The van der Waals surface area contributed by atoms with Gasteiger partial charge in [0.25, 0.3) is 0 Å². The molecule has 0 spiro atoms. The Hall–Kier alpha value is -3.15. The number of allylic oxidation sites excluding steroid dienone is 17. The Morgan fingerprint density at radius 1 is 0.467 bits per heavy atom. The monoisotopic (exact) mass is 1050 g/mol. The third-order valence-corrected chi connectivity index (χ3v) is 13.9. The minimum Gasteiger partial charge on any atom is -0.394 e. The Bertz CT molecular complexity index is 1540. The van der Waals surface area contributed by atoms with Gasteiger partial charge in [-0.3, -0.25) is 4.79 Å². The fourth-order valence-electron chi connectivity index (χ4n) is 9.06. The number of carbonyl (C=O) groups is 1. The molecule has 9 nitrogen and oxygen atoms in total. The number of amides is 1. The van der Waals surface area contributed by atoms with Crippen LogP contribution < -0.4 is 5.32 Å². The summed E-state index contributed by atoms with van der Waals surface area (Å²) in [5.41, 5.74) is 0. The first-order chi connectivity index (χ1) is 36.8. The highest BCUT2D eigenvalue weighted by Crippen LogP contribution is 2.23. The third kappa shape index (κ3) is 43.5. The molecule has 1 heterocycles. The van der Waals surface area contributed by atoms with Gasteiger partial charge in [-0.1, -0.05) is 264 Å². The fraction of sp³-hybridized carbons (Fsp3) is 0.712. The van der Waals surface area contributed by atoms with Crippen LogP contribution in [-0.4, -0.2) is 87.5 Å². The van der Waals surface area contributed by atoms with E-state index in [-0.39, 0.29) is 12.5 Å². The Kier molecular flexibility index (Phi) is 50.5. The molecule has 1 saturated heterocycles. The SMILES string of the molecule is CC/C=C\C/C=C\C/C=C\C/C=C\C/C=C\C/C=C\C/C=C\C/C=C\CCCCCCCCCCCCCCCCCCC(=O)NC(COC1OC(CO)C(O)C(O)C1O)C(O)/C=C/CCCCCCCCCCC. The van der Waals surface area contributed by atoms with Crippen LogP contribution >= 0.6 is 0 Å². The molecule has 430 valence electrons. The van der Waals surface area contributed by atoms with Gasteiger partial charge in [-0.05, 0) is 83.5 Å². The van der Waals surface area contributed by atoms with Crippen molar-refractivity contribution in [3.8, 4) is 0 Å². The standard InChI is InChI=1S/C66H113NO8/c1-3-5-7-9-11-13-15-16-17-18-19-20-21-22-23-24-25-26-27-28-29-30-31-32-33-34-35-36-37-38-39-40-41-42-43-44-46-48-50-52-54-56-62(70)67-59(58-74-66-65(73)64(72)63(71)61(57-68)75-66)60(69)55-53-51-49-47-45-14-12-10-8-6-4-2/h5,7,11,13,16-17,19-20,22-23,25-26,28-29,31-32,53,55,59-61,63-66,68-69,71-73H,3-4,6,8-10,12,14-15,18,21,24,27,30,33-52,54,56-58H2,1-2H3,(H,67,70)/b7-5-,13-11-,17-16-,20-19-,23-22-,26-25-,29-28-,32-31-,55-53+. The van der Waals surface area contributed by atoms with Crippen molar-refractivity contribution in [3.05, 3.63) is 109 Å².